The molecule has 0 spiro atoms. The molecule has 3 aliphatic rings. The molecule has 3 heterocycles. The second-order valence-corrected chi connectivity index (χ2v) is 11.4. The van der Waals surface area contributed by atoms with Crippen LogP contribution in [-0.2, 0) is 22.8 Å². The largest absolute Gasteiger partial charge is 0.340 e. The summed E-state index contributed by atoms with van der Waals surface area (Å²) in [5.74, 6) is 3.37. The van der Waals surface area contributed by atoms with E-state index in [2.05, 4.69) is 31.5 Å². The Morgan fingerprint density at radius 3 is 2.43 bits per heavy atom. The highest BCUT2D eigenvalue weighted by Gasteiger charge is 2.34. The van der Waals surface area contributed by atoms with Crippen LogP contribution in [0.4, 0.5) is 5.95 Å². The highest BCUT2D eigenvalue weighted by molar-refractivity contribution is 7.91. The van der Waals surface area contributed by atoms with Gasteiger partial charge < -0.3 is 9.80 Å². The zero-order valence-corrected chi connectivity index (χ0v) is 18.2. The Bertz CT molecular complexity index is 772. The highest BCUT2D eigenvalue weighted by atomic mass is 32.2. The Hall–Kier alpha value is -1.15. The van der Waals surface area contributed by atoms with Crippen LogP contribution in [-0.4, -0.2) is 72.3 Å². The first-order valence-electron chi connectivity index (χ1n) is 11.0. The van der Waals surface area contributed by atoms with Crippen LogP contribution >= 0.6 is 0 Å². The minimum absolute atomic E-state index is 0.280. The molecule has 0 aromatic carbocycles. The first-order chi connectivity index (χ1) is 13.4. The number of nitrogens with zero attached hydrogens (tertiary/aromatic N) is 5. The smallest absolute Gasteiger partial charge is 0.227 e. The lowest BCUT2D eigenvalue weighted by Crippen LogP contribution is -2.29. The van der Waals surface area contributed by atoms with E-state index in [1.54, 1.807) is 0 Å². The third-order valence-electron chi connectivity index (χ3n) is 7.05. The molecule has 1 aromatic rings. The summed E-state index contributed by atoms with van der Waals surface area (Å²) in [6, 6.07) is 0. The van der Waals surface area contributed by atoms with Crippen LogP contribution in [0, 0.1) is 11.8 Å². The Balaban J connectivity index is 1.54. The van der Waals surface area contributed by atoms with E-state index in [-0.39, 0.29) is 5.25 Å². The summed E-state index contributed by atoms with van der Waals surface area (Å²) < 4.78 is 26.3. The van der Waals surface area contributed by atoms with Gasteiger partial charge in [0, 0.05) is 38.9 Å². The van der Waals surface area contributed by atoms with Crippen LogP contribution in [0.1, 0.15) is 51.3 Å². The van der Waals surface area contributed by atoms with Crippen molar-refractivity contribution in [2.75, 3.05) is 43.9 Å². The fourth-order valence-corrected chi connectivity index (χ4v) is 6.22. The summed E-state index contributed by atoms with van der Waals surface area (Å²) in [5, 5.41) is 8.89. The van der Waals surface area contributed by atoms with E-state index in [1.807, 2.05) is 0 Å². The molecule has 158 valence electrons. The van der Waals surface area contributed by atoms with E-state index in [9.17, 15) is 8.42 Å². The summed E-state index contributed by atoms with van der Waals surface area (Å²) in [6.07, 6.45) is 9.56. The third kappa shape index (κ3) is 4.37. The summed E-state index contributed by atoms with van der Waals surface area (Å²) in [4.78, 5) is 4.67. The molecule has 0 bridgehead atoms. The molecule has 0 radical (unpaired) electrons. The van der Waals surface area contributed by atoms with Crippen molar-refractivity contribution in [1.29, 1.82) is 0 Å². The maximum atomic E-state index is 12.0. The van der Waals surface area contributed by atoms with Crippen molar-refractivity contribution in [3.05, 3.63) is 5.82 Å². The maximum Gasteiger partial charge on any atom is 0.227 e. The molecule has 7 nitrogen and oxygen atoms in total. The van der Waals surface area contributed by atoms with Gasteiger partial charge in [-0.2, -0.15) is 0 Å². The quantitative estimate of drug-likeness (QED) is 0.686. The highest BCUT2D eigenvalue weighted by Crippen LogP contribution is 2.31. The molecule has 4 rings (SSSR count). The number of hydrogen-bond acceptors (Lipinski definition) is 6. The van der Waals surface area contributed by atoms with Crippen molar-refractivity contribution in [1.82, 2.24) is 19.7 Å². The van der Waals surface area contributed by atoms with Crippen LogP contribution in [0.5, 0.6) is 0 Å². The Morgan fingerprint density at radius 1 is 1.00 bits per heavy atom. The van der Waals surface area contributed by atoms with Gasteiger partial charge in [-0.3, -0.25) is 4.57 Å². The summed E-state index contributed by atoms with van der Waals surface area (Å²) in [6.45, 7) is 7.92. The first kappa shape index (κ1) is 20.1. The number of anilines is 1. The van der Waals surface area contributed by atoms with Crippen LogP contribution in [0.2, 0.25) is 0 Å². The van der Waals surface area contributed by atoms with Gasteiger partial charge in [-0.1, -0.05) is 32.6 Å². The minimum Gasteiger partial charge on any atom is -0.340 e. The minimum atomic E-state index is -3.01. The van der Waals surface area contributed by atoms with Crippen molar-refractivity contribution < 1.29 is 8.42 Å². The van der Waals surface area contributed by atoms with Gasteiger partial charge in [-0.15, -0.1) is 10.2 Å². The number of aromatic nitrogens is 3. The SMILES string of the molecule is CCN1CCC(Cn2c(CC3CCCC3)nnc2N2CCC(S(C)(=O)=O)C2)C1. The molecule has 2 saturated heterocycles. The van der Waals surface area contributed by atoms with Crippen molar-refractivity contribution in [3.63, 3.8) is 0 Å². The molecular formula is C20H35N5O2S. The molecule has 1 saturated carbocycles. The zero-order valence-electron chi connectivity index (χ0n) is 17.4. The summed E-state index contributed by atoms with van der Waals surface area (Å²) >= 11 is 0. The van der Waals surface area contributed by atoms with Gasteiger partial charge >= 0.3 is 0 Å². The number of likely N-dealkylation sites (tertiary alicyclic amines) is 1. The molecule has 2 atom stereocenters. The molecule has 3 fully saturated rings. The van der Waals surface area contributed by atoms with E-state index in [0.29, 0.717) is 18.9 Å². The topological polar surface area (TPSA) is 71.3 Å². The van der Waals surface area contributed by atoms with Crippen molar-refractivity contribution in [2.45, 2.75) is 63.7 Å². The van der Waals surface area contributed by atoms with Gasteiger partial charge in [0.1, 0.15) is 5.82 Å². The average Bonchev–Trinajstić information content (AvgIpc) is 3.43. The van der Waals surface area contributed by atoms with Gasteiger partial charge in [0.05, 0.1) is 5.25 Å². The molecule has 2 unspecified atom stereocenters. The zero-order chi connectivity index (χ0) is 19.7. The molecule has 8 heteroatoms. The first-order valence-corrected chi connectivity index (χ1v) is 13.0. The monoisotopic (exact) mass is 409 g/mol. The van der Waals surface area contributed by atoms with Gasteiger partial charge in [-0.05, 0) is 37.8 Å². The van der Waals surface area contributed by atoms with E-state index in [4.69, 9.17) is 0 Å². The van der Waals surface area contributed by atoms with E-state index >= 15 is 0 Å². The van der Waals surface area contributed by atoms with E-state index in [0.717, 1.165) is 50.3 Å². The van der Waals surface area contributed by atoms with Crippen LogP contribution in [0.15, 0.2) is 0 Å². The molecule has 0 N–H and O–H groups in total. The maximum absolute atomic E-state index is 12.0. The van der Waals surface area contributed by atoms with E-state index < -0.39 is 9.84 Å². The predicted molar refractivity (Wildman–Crippen MR) is 111 cm³/mol. The van der Waals surface area contributed by atoms with Crippen LogP contribution < -0.4 is 4.90 Å². The number of hydrogen-bond donors (Lipinski definition) is 0. The van der Waals surface area contributed by atoms with Crippen LogP contribution in [0.25, 0.3) is 0 Å². The van der Waals surface area contributed by atoms with Gasteiger partial charge in [0.25, 0.3) is 0 Å². The lowest BCUT2D eigenvalue weighted by atomic mass is 10.0. The van der Waals surface area contributed by atoms with Crippen molar-refractivity contribution in [3.8, 4) is 0 Å². The molecule has 1 aromatic heterocycles. The number of rotatable bonds is 7. The number of sulfone groups is 1. The summed E-state index contributed by atoms with van der Waals surface area (Å²) in [7, 11) is -3.01. The predicted octanol–water partition coefficient (Wildman–Crippen LogP) is 1.98. The lowest BCUT2D eigenvalue weighted by Gasteiger charge is -2.22. The fourth-order valence-electron chi connectivity index (χ4n) is 5.24. The van der Waals surface area contributed by atoms with Gasteiger partial charge in [-0.25, -0.2) is 8.42 Å². The van der Waals surface area contributed by atoms with Crippen molar-refractivity contribution in [2.24, 2.45) is 11.8 Å². The van der Waals surface area contributed by atoms with Gasteiger partial charge in [0.2, 0.25) is 5.95 Å². The molecular weight excluding hydrogens is 374 g/mol. The lowest BCUT2D eigenvalue weighted by molar-refractivity contribution is 0.331. The standard InChI is InChI=1S/C20H35N5O2S/c1-3-23-10-8-17(13-23)14-25-19(12-16-6-4-5-7-16)21-22-20(25)24-11-9-18(15-24)28(2,26)27/h16-18H,3-15H2,1-2H3. The molecule has 1 aliphatic carbocycles. The normalized spacial score (nSPS) is 27.3. The third-order valence-corrected chi connectivity index (χ3v) is 8.64. The summed E-state index contributed by atoms with van der Waals surface area (Å²) in [5.41, 5.74) is 0. The van der Waals surface area contributed by atoms with Gasteiger partial charge in [0.15, 0.2) is 9.84 Å². The average molecular weight is 410 g/mol. The van der Waals surface area contributed by atoms with E-state index in [1.165, 1.54) is 44.9 Å². The molecule has 2 aliphatic heterocycles. The fraction of sp³-hybridized carbons (Fsp3) is 0.900. The second kappa shape index (κ2) is 8.30. The second-order valence-electron chi connectivity index (χ2n) is 9.12. The molecule has 28 heavy (non-hydrogen) atoms. The van der Waals surface area contributed by atoms with Crippen LogP contribution in [0.3, 0.4) is 0 Å². The van der Waals surface area contributed by atoms with Crippen molar-refractivity contribution >= 4 is 15.8 Å². The Morgan fingerprint density at radius 2 is 1.79 bits per heavy atom. The Labute approximate surface area is 169 Å². The Kier molecular flexibility index (Phi) is 5.97. The molecule has 0 amide bonds.